The number of esters is 3. The van der Waals surface area contributed by atoms with Crippen molar-refractivity contribution in [1.29, 1.82) is 0 Å². The Labute approximate surface area is 205 Å². The average molecular weight is 475 g/mol. The van der Waals surface area contributed by atoms with Crippen LogP contribution in [0.1, 0.15) is 31.4 Å². The fourth-order valence-corrected chi connectivity index (χ4v) is 6.18. The maximum Gasteiger partial charge on any atom is 0.334 e. The zero-order valence-corrected chi connectivity index (χ0v) is 20.4. The number of ether oxygens (including phenoxy) is 3. The van der Waals surface area contributed by atoms with Gasteiger partial charge in [0.15, 0.2) is 0 Å². The van der Waals surface area contributed by atoms with Gasteiger partial charge in [0, 0.05) is 5.57 Å². The molecule has 0 radical (unpaired) electrons. The standard InChI is InChI=1S/C29H30O6/c1-5-35-26(31)23-17-16-19(2)28(27(32)34-4)18-22(25(30)33-3)24(20-12-8-6-9-13-20)29(23,28)21-14-10-7-11-15-21/h6-17,19,23H,5,18H2,1-4H3/t19-,23-,28+,29+/m0/s1. The highest BCUT2D eigenvalue weighted by atomic mass is 16.5. The summed E-state index contributed by atoms with van der Waals surface area (Å²) in [5, 5.41) is 0. The molecule has 0 saturated carbocycles. The summed E-state index contributed by atoms with van der Waals surface area (Å²) < 4.78 is 16.2. The second-order valence-electron chi connectivity index (χ2n) is 8.93. The molecule has 0 fully saturated rings. The van der Waals surface area contributed by atoms with Crippen LogP contribution in [0.3, 0.4) is 0 Å². The van der Waals surface area contributed by atoms with Crippen LogP contribution in [0.25, 0.3) is 5.57 Å². The number of hydrogen-bond acceptors (Lipinski definition) is 6. The summed E-state index contributed by atoms with van der Waals surface area (Å²) in [4.78, 5) is 40.9. The molecule has 2 aliphatic rings. The molecule has 2 aromatic carbocycles. The van der Waals surface area contributed by atoms with Crippen molar-refractivity contribution in [2.75, 3.05) is 20.8 Å². The zero-order valence-electron chi connectivity index (χ0n) is 20.4. The molecule has 0 N–H and O–H groups in total. The Bertz CT molecular complexity index is 1180. The number of benzene rings is 2. The van der Waals surface area contributed by atoms with Crippen LogP contribution in [0.2, 0.25) is 0 Å². The first-order valence-corrected chi connectivity index (χ1v) is 11.8. The Morgan fingerprint density at radius 2 is 1.54 bits per heavy atom. The summed E-state index contributed by atoms with van der Waals surface area (Å²) >= 11 is 0. The molecule has 6 heteroatoms. The maximum absolute atomic E-state index is 13.9. The number of carbonyl (C=O) groups is 3. The van der Waals surface area contributed by atoms with Gasteiger partial charge >= 0.3 is 17.9 Å². The quantitative estimate of drug-likeness (QED) is 0.349. The molecule has 0 bridgehead atoms. The van der Waals surface area contributed by atoms with Crippen molar-refractivity contribution in [1.82, 2.24) is 0 Å². The number of rotatable bonds is 6. The Morgan fingerprint density at radius 3 is 2.11 bits per heavy atom. The Hall–Kier alpha value is -3.67. The van der Waals surface area contributed by atoms with Gasteiger partial charge in [-0.15, -0.1) is 0 Å². The fraction of sp³-hybridized carbons (Fsp3) is 0.345. The molecule has 0 unspecified atom stereocenters. The first-order chi connectivity index (χ1) is 16.9. The summed E-state index contributed by atoms with van der Waals surface area (Å²) in [6.45, 7) is 3.86. The molecule has 6 nitrogen and oxygen atoms in total. The number of carbonyl (C=O) groups excluding carboxylic acids is 3. The van der Waals surface area contributed by atoms with Gasteiger partial charge in [0.2, 0.25) is 0 Å². The zero-order chi connectivity index (χ0) is 25.2. The van der Waals surface area contributed by atoms with Crippen molar-refractivity contribution < 1.29 is 28.6 Å². The predicted octanol–water partition coefficient (Wildman–Crippen LogP) is 4.50. The SMILES string of the molecule is CCOC(=O)[C@@H]1C=C[C@H](C)[C@@]2(C(=O)OC)CC(C(=O)OC)=C(c3ccccc3)[C@@]12c1ccccc1. The van der Waals surface area contributed by atoms with Crippen molar-refractivity contribution >= 4 is 23.5 Å². The second-order valence-corrected chi connectivity index (χ2v) is 8.93. The lowest BCUT2D eigenvalue weighted by Gasteiger charge is -2.53. The van der Waals surface area contributed by atoms with E-state index in [-0.39, 0.29) is 18.9 Å². The maximum atomic E-state index is 13.9. The largest absolute Gasteiger partial charge is 0.469 e. The Morgan fingerprint density at radius 1 is 0.914 bits per heavy atom. The van der Waals surface area contributed by atoms with Crippen molar-refractivity contribution in [3.05, 3.63) is 89.5 Å². The number of allylic oxidation sites excluding steroid dienone is 2. The molecule has 0 spiro atoms. The lowest BCUT2D eigenvalue weighted by molar-refractivity contribution is -0.164. The Balaban J connectivity index is 2.23. The van der Waals surface area contributed by atoms with Crippen molar-refractivity contribution in [2.24, 2.45) is 17.3 Å². The molecule has 182 valence electrons. The van der Waals surface area contributed by atoms with E-state index in [0.29, 0.717) is 11.1 Å². The molecule has 2 aromatic rings. The molecule has 35 heavy (non-hydrogen) atoms. The summed E-state index contributed by atoms with van der Waals surface area (Å²) in [5.74, 6) is -2.72. The summed E-state index contributed by atoms with van der Waals surface area (Å²) in [5.41, 5.74) is -0.137. The van der Waals surface area contributed by atoms with Crippen molar-refractivity contribution in [3.63, 3.8) is 0 Å². The van der Waals surface area contributed by atoms with Crippen LogP contribution in [0.5, 0.6) is 0 Å². The van der Waals surface area contributed by atoms with Crippen molar-refractivity contribution in [3.8, 4) is 0 Å². The van der Waals surface area contributed by atoms with Gasteiger partial charge < -0.3 is 14.2 Å². The molecule has 0 aromatic heterocycles. The first kappa shape index (κ1) is 24.5. The van der Waals surface area contributed by atoms with E-state index in [1.54, 1.807) is 6.92 Å². The van der Waals surface area contributed by atoms with Gasteiger partial charge in [0.25, 0.3) is 0 Å². The first-order valence-electron chi connectivity index (χ1n) is 11.8. The second kappa shape index (κ2) is 9.53. The van der Waals surface area contributed by atoms with Gasteiger partial charge in [0.1, 0.15) is 0 Å². The van der Waals surface area contributed by atoms with E-state index in [9.17, 15) is 14.4 Å². The molecular formula is C29H30O6. The molecule has 0 heterocycles. The fourth-order valence-electron chi connectivity index (χ4n) is 6.18. The van der Waals surface area contributed by atoms with Gasteiger partial charge in [0.05, 0.1) is 37.6 Å². The van der Waals surface area contributed by atoms with Crippen LogP contribution in [-0.4, -0.2) is 38.7 Å². The molecule has 0 amide bonds. The van der Waals surface area contributed by atoms with Crippen LogP contribution in [0.4, 0.5) is 0 Å². The van der Waals surface area contributed by atoms with Crippen LogP contribution < -0.4 is 0 Å². The van der Waals surface area contributed by atoms with Crippen LogP contribution in [0, 0.1) is 17.3 Å². The summed E-state index contributed by atoms with van der Waals surface area (Å²) in [7, 11) is 2.67. The van der Waals surface area contributed by atoms with Crippen LogP contribution in [-0.2, 0) is 34.0 Å². The van der Waals surface area contributed by atoms with E-state index >= 15 is 0 Å². The molecule has 2 aliphatic carbocycles. The number of fused-ring (bicyclic) bond motifs is 1. The van der Waals surface area contributed by atoms with E-state index in [2.05, 4.69) is 0 Å². The van der Waals surface area contributed by atoms with Gasteiger partial charge in [-0.2, -0.15) is 0 Å². The smallest absolute Gasteiger partial charge is 0.334 e. The molecule has 4 atom stereocenters. The van der Waals surface area contributed by atoms with Gasteiger partial charge in [-0.25, -0.2) is 4.79 Å². The van der Waals surface area contributed by atoms with Crippen LogP contribution >= 0.6 is 0 Å². The third-order valence-corrected chi connectivity index (χ3v) is 7.51. The van der Waals surface area contributed by atoms with Gasteiger partial charge in [-0.05, 0) is 36.0 Å². The lowest BCUT2D eigenvalue weighted by atomic mass is 9.46. The van der Waals surface area contributed by atoms with E-state index in [1.807, 2.05) is 79.7 Å². The normalized spacial score (nSPS) is 27.2. The molecule has 0 saturated heterocycles. The number of hydrogen-bond donors (Lipinski definition) is 0. The molecule has 0 aliphatic heterocycles. The molecule has 4 rings (SSSR count). The Kier molecular flexibility index (Phi) is 6.66. The van der Waals surface area contributed by atoms with E-state index in [1.165, 1.54) is 14.2 Å². The van der Waals surface area contributed by atoms with Gasteiger partial charge in [-0.1, -0.05) is 79.7 Å². The summed E-state index contributed by atoms with van der Waals surface area (Å²) in [6.07, 6.45) is 3.75. The topological polar surface area (TPSA) is 78.9 Å². The minimum absolute atomic E-state index is 0.0624. The van der Waals surface area contributed by atoms with Gasteiger partial charge in [-0.3, -0.25) is 9.59 Å². The number of methoxy groups -OCH3 is 2. The third kappa shape index (κ3) is 3.42. The average Bonchev–Trinajstić information content (AvgIpc) is 3.23. The lowest BCUT2D eigenvalue weighted by Crippen LogP contribution is -2.59. The highest BCUT2D eigenvalue weighted by Crippen LogP contribution is 2.69. The molecular weight excluding hydrogens is 444 g/mol. The van der Waals surface area contributed by atoms with Crippen LogP contribution in [0.15, 0.2) is 78.4 Å². The predicted molar refractivity (Wildman–Crippen MR) is 131 cm³/mol. The van der Waals surface area contributed by atoms with E-state index in [4.69, 9.17) is 14.2 Å². The van der Waals surface area contributed by atoms with E-state index in [0.717, 1.165) is 11.1 Å². The minimum atomic E-state index is -1.29. The monoisotopic (exact) mass is 474 g/mol. The minimum Gasteiger partial charge on any atom is -0.469 e. The highest BCUT2D eigenvalue weighted by Gasteiger charge is 2.72. The highest BCUT2D eigenvalue weighted by molar-refractivity contribution is 6.08. The van der Waals surface area contributed by atoms with Crippen molar-refractivity contribution in [2.45, 2.75) is 25.7 Å². The summed E-state index contributed by atoms with van der Waals surface area (Å²) in [6, 6.07) is 18.8. The van der Waals surface area contributed by atoms with E-state index < -0.39 is 34.7 Å². The third-order valence-electron chi connectivity index (χ3n) is 7.51.